The number of nitrogens with zero attached hydrogens (tertiary/aromatic N) is 1. The Bertz CT molecular complexity index is 956. The van der Waals surface area contributed by atoms with Gasteiger partial charge in [-0.15, -0.1) is 0 Å². The summed E-state index contributed by atoms with van der Waals surface area (Å²) in [5.41, 5.74) is 1.11. The average Bonchev–Trinajstić information content (AvgIpc) is 2.67. The summed E-state index contributed by atoms with van der Waals surface area (Å²) in [5.74, 6) is -0.341. The molecule has 1 aliphatic rings. The minimum absolute atomic E-state index is 0.0392. The monoisotopic (exact) mass is 369 g/mol. The van der Waals surface area contributed by atoms with Crippen molar-refractivity contribution in [1.29, 1.82) is 0 Å². The SMILES string of the molecule is C=C(C)C(=O)OCCOc1ccc2c3c(ccc(OC)c13)C(=O)N(C)C2=O. The van der Waals surface area contributed by atoms with Crippen molar-refractivity contribution < 1.29 is 28.6 Å². The van der Waals surface area contributed by atoms with Gasteiger partial charge in [0, 0.05) is 29.1 Å². The quantitative estimate of drug-likeness (QED) is 0.337. The molecule has 3 rings (SSSR count). The second-order valence-corrected chi connectivity index (χ2v) is 6.11. The van der Waals surface area contributed by atoms with E-state index in [4.69, 9.17) is 14.2 Å². The number of benzene rings is 2. The van der Waals surface area contributed by atoms with Crippen LogP contribution in [0.3, 0.4) is 0 Å². The van der Waals surface area contributed by atoms with Crippen molar-refractivity contribution in [2.45, 2.75) is 6.92 Å². The van der Waals surface area contributed by atoms with Gasteiger partial charge in [0.1, 0.15) is 24.7 Å². The van der Waals surface area contributed by atoms with E-state index in [2.05, 4.69) is 6.58 Å². The van der Waals surface area contributed by atoms with Gasteiger partial charge in [-0.2, -0.15) is 0 Å². The first-order valence-electron chi connectivity index (χ1n) is 8.28. The molecule has 0 spiro atoms. The summed E-state index contributed by atoms with van der Waals surface area (Å²) >= 11 is 0. The van der Waals surface area contributed by atoms with Crippen molar-refractivity contribution in [3.8, 4) is 11.5 Å². The van der Waals surface area contributed by atoms with E-state index in [9.17, 15) is 14.4 Å². The highest BCUT2D eigenvalue weighted by Crippen LogP contribution is 2.40. The maximum Gasteiger partial charge on any atom is 0.333 e. The summed E-state index contributed by atoms with van der Waals surface area (Å²) in [7, 11) is 2.95. The Balaban J connectivity index is 1.99. The predicted molar refractivity (Wildman–Crippen MR) is 98.2 cm³/mol. The summed E-state index contributed by atoms with van der Waals surface area (Å²) < 4.78 is 16.2. The molecule has 0 bridgehead atoms. The molecule has 1 heterocycles. The molecule has 0 N–H and O–H groups in total. The molecular formula is C20H19NO6. The molecule has 0 radical (unpaired) electrons. The lowest BCUT2D eigenvalue weighted by Gasteiger charge is -2.25. The van der Waals surface area contributed by atoms with E-state index in [0.29, 0.717) is 39.0 Å². The Morgan fingerprint density at radius 2 is 1.59 bits per heavy atom. The molecule has 2 aromatic carbocycles. The molecule has 27 heavy (non-hydrogen) atoms. The zero-order chi connectivity index (χ0) is 19.7. The highest BCUT2D eigenvalue weighted by Gasteiger charge is 2.32. The molecule has 1 aliphatic heterocycles. The van der Waals surface area contributed by atoms with E-state index >= 15 is 0 Å². The van der Waals surface area contributed by atoms with Crippen LogP contribution < -0.4 is 9.47 Å². The van der Waals surface area contributed by atoms with Crippen molar-refractivity contribution in [2.24, 2.45) is 0 Å². The molecule has 2 amide bonds. The number of ether oxygens (including phenoxy) is 3. The van der Waals surface area contributed by atoms with Gasteiger partial charge >= 0.3 is 5.97 Å². The van der Waals surface area contributed by atoms with E-state index in [1.807, 2.05) is 0 Å². The van der Waals surface area contributed by atoms with E-state index in [1.54, 1.807) is 31.2 Å². The second kappa shape index (κ2) is 7.11. The molecule has 7 nitrogen and oxygen atoms in total. The third kappa shape index (κ3) is 3.12. The van der Waals surface area contributed by atoms with Crippen LogP contribution in [0, 0.1) is 0 Å². The van der Waals surface area contributed by atoms with Crippen molar-refractivity contribution in [3.05, 3.63) is 47.5 Å². The normalized spacial score (nSPS) is 12.9. The molecule has 0 aliphatic carbocycles. The lowest BCUT2D eigenvalue weighted by molar-refractivity contribution is -0.139. The van der Waals surface area contributed by atoms with E-state index < -0.39 is 5.97 Å². The number of imide groups is 1. The van der Waals surface area contributed by atoms with Crippen LogP contribution in [0.1, 0.15) is 27.6 Å². The van der Waals surface area contributed by atoms with Crippen LogP contribution in [0.4, 0.5) is 0 Å². The van der Waals surface area contributed by atoms with Crippen LogP contribution >= 0.6 is 0 Å². The zero-order valence-corrected chi connectivity index (χ0v) is 15.3. The van der Waals surface area contributed by atoms with Crippen LogP contribution in [0.5, 0.6) is 11.5 Å². The maximum atomic E-state index is 12.5. The number of amides is 2. The van der Waals surface area contributed by atoms with Gasteiger partial charge in [-0.05, 0) is 31.2 Å². The van der Waals surface area contributed by atoms with Gasteiger partial charge in [0.2, 0.25) is 0 Å². The number of rotatable bonds is 6. The molecule has 7 heteroatoms. The second-order valence-electron chi connectivity index (χ2n) is 6.11. The van der Waals surface area contributed by atoms with Gasteiger partial charge in [-0.3, -0.25) is 14.5 Å². The number of methoxy groups -OCH3 is 1. The first kappa shape index (κ1) is 18.4. The van der Waals surface area contributed by atoms with Crippen LogP contribution in [0.15, 0.2) is 36.4 Å². The standard InChI is InChI=1S/C20H19NO6/c1-11(2)20(24)27-10-9-26-15-8-6-13-16-12(18(22)21(3)19(13)23)5-7-14(25-4)17(15)16/h5-8H,1,9-10H2,2-4H3. The Morgan fingerprint density at radius 3 is 2.15 bits per heavy atom. The van der Waals surface area contributed by atoms with Gasteiger partial charge in [0.15, 0.2) is 0 Å². The van der Waals surface area contributed by atoms with Gasteiger partial charge in [-0.25, -0.2) is 4.79 Å². The summed E-state index contributed by atoms with van der Waals surface area (Å²) in [6.07, 6.45) is 0. The fourth-order valence-corrected chi connectivity index (χ4v) is 2.94. The van der Waals surface area contributed by atoms with Crippen LogP contribution in [-0.4, -0.2) is 50.1 Å². The highest BCUT2D eigenvalue weighted by atomic mass is 16.6. The Morgan fingerprint density at radius 1 is 1.00 bits per heavy atom. The van der Waals surface area contributed by atoms with E-state index in [1.165, 1.54) is 14.2 Å². The van der Waals surface area contributed by atoms with E-state index in [-0.39, 0.29) is 25.0 Å². The summed E-state index contributed by atoms with van der Waals surface area (Å²) in [6.45, 7) is 5.21. The Kier molecular flexibility index (Phi) is 4.85. The van der Waals surface area contributed by atoms with Crippen LogP contribution in [0.2, 0.25) is 0 Å². The van der Waals surface area contributed by atoms with Crippen molar-refractivity contribution in [1.82, 2.24) is 4.90 Å². The summed E-state index contributed by atoms with van der Waals surface area (Å²) in [5, 5.41) is 1.03. The third-order valence-corrected chi connectivity index (χ3v) is 4.30. The maximum absolute atomic E-state index is 12.5. The summed E-state index contributed by atoms with van der Waals surface area (Å²) in [6, 6.07) is 6.56. The molecule has 0 saturated carbocycles. The number of hydrogen-bond donors (Lipinski definition) is 0. The number of hydrogen-bond acceptors (Lipinski definition) is 6. The number of carbonyl (C=O) groups excluding carboxylic acids is 3. The molecule has 2 aromatic rings. The molecule has 140 valence electrons. The summed E-state index contributed by atoms with van der Waals surface area (Å²) in [4.78, 5) is 37.5. The zero-order valence-electron chi connectivity index (χ0n) is 15.3. The molecule has 0 atom stereocenters. The minimum atomic E-state index is -0.493. The van der Waals surface area contributed by atoms with Gasteiger partial charge < -0.3 is 14.2 Å². The lowest BCUT2D eigenvalue weighted by atomic mass is 9.93. The first-order chi connectivity index (χ1) is 12.9. The lowest BCUT2D eigenvalue weighted by Crippen LogP contribution is -2.36. The van der Waals surface area contributed by atoms with Crippen molar-refractivity contribution in [3.63, 3.8) is 0 Å². The fraction of sp³-hybridized carbons (Fsp3) is 0.250. The van der Waals surface area contributed by atoms with E-state index in [0.717, 1.165) is 4.90 Å². The third-order valence-electron chi connectivity index (χ3n) is 4.30. The average molecular weight is 369 g/mol. The molecular weight excluding hydrogens is 350 g/mol. The fourth-order valence-electron chi connectivity index (χ4n) is 2.94. The highest BCUT2D eigenvalue weighted by molar-refractivity contribution is 6.26. The number of carbonyl (C=O) groups is 3. The predicted octanol–water partition coefficient (Wildman–Crippen LogP) is 2.57. The largest absolute Gasteiger partial charge is 0.496 e. The van der Waals surface area contributed by atoms with Crippen LogP contribution in [0.25, 0.3) is 10.8 Å². The van der Waals surface area contributed by atoms with Crippen molar-refractivity contribution in [2.75, 3.05) is 27.4 Å². The topological polar surface area (TPSA) is 82.1 Å². The molecule has 0 aromatic heterocycles. The van der Waals surface area contributed by atoms with Crippen molar-refractivity contribution >= 4 is 28.6 Å². The minimum Gasteiger partial charge on any atom is -0.496 e. The van der Waals surface area contributed by atoms with Gasteiger partial charge in [0.05, 0.1) is 12.5 Å². The van der Waals surface area contributed by atoms with Gasteiger partial charge in [0.25, 0.3) is 11.8 Å². The number of esters is 1. The molecule has 0 fully saturated rings. The van der Waals surface area contributed by atoms with Crippen LogP contribution in [-0.2, 0) is 9.53 Å². The smallest absolute Gasteiger partial charge is 0.333 e. The first-order valence-corrected chi connectivity index (χ1v) is 8.28. The molecule has 0 unspecified atom stereocenters. The Labute approximate surface area is 156 Å². The molecule has 0 saturated heterocycles. The Hall–Kier alpha value is -3.35. The van der Waals surface area contributed by atoms with Gasteiger partial charge in [-0.1, -0.05) is 6.58 Å².